The number of hydrogen-bond donors (Lipinski definition) is 0. The van der Waals surface area contributed by atoms with Crippen LogP contribution in [-0.2, 0) is 14.3 Å². The molecule has 0 saturated carbocycles. The largest absolute Gasteiger partial charge is 0.452 e. The first-order chi connectivity index (χ1) is 15.4. The number of hydrogen-bond acceptors (Lipinski definition) is 9. The van der Waals surface area contributed by atoms with Crippen molar-refractivity contribution in [2.75, 3.05) is 13.2 Å². The van der Waals surface area contributed by atoms with Gasteiger partial charge in [0.1, 0.15) is 11.2 Å². The first-order valence-corrected chi connectivity index (χ1v) is 9.34. The van der Waals surface area contributed by atoms with Gasteiger partial charge in [-0.25, -0.2) is 9.59 Å². The van der Waals surface area contributed by atoms with E-state index in [1.54, 1.807) is 36.4 Å². The summed E-state index contributed by atoms with van der Waals surface area (Å²) in [5.74, 6) is -3.51. The SMILES string of the molecule is O=C(COC(=O)c1cc(=O)c2ccccc2o1)COC(=O)c1cc(=O)c2ccccc2o1. The molecule has 0 atom stereocenters. The van der Waals surface area contributed by atoms with Crippen LogP contribution in [0, 0.1) is 0 Å². The smallest absolute Gasteiger partial charge is 0.374 e. The van der Waals surface area contributed by atoms with E-state index in [1.807, 2.05) is 0 Å². The second-order valence-corrected chi connectivity index (χ2v) is 6.63. The maximum Gasteiger partial charge on any atom is 0.374 e. The van der Waals surface area contributed by atoms with Crippen molar-refractivity contribution in [1.82, 2.24) is 0 Å². The van der Waals surface area contributed by atoms with E-state index in [1.165, 1.54) is 12.1 Å². The number of ether oxygens (including phenoxy) is 2. The van der Waals surface area contributed by atoms with E-state index < -0.39 is 41.8 Å². The van der Waals surface area contributed by atoms with Gasteiger partial charge in [0.25, 0.3) is 0 Å². The third kappa shape index (κ3) is 4.31. The summed E-state index contributed by atoms with van der Waals surface area (Å²) >= 11 is 0. The van der Waals surface area contributed by atoms with Crippen LogP contribution in [0.25, 0.3) is 21.9 Å². The molecule has 0 radical (unpaired) electrons. The molecule has 4 aromatic rings. The molecule has 9 nitrogen and oxygen atoms in total. The molecule has 4 rings (SSSR count). The molecule has 0 bridgehead atoms. The van der Waals surface area contributed by atoms with Crippen molar-refractivity contribution in [3.63, 3.8) is 0 Å². The summed E-state index contributed by atoms with van der Waals surface area (Å²) in [6.45, 7) is -1.44. The van der Waals surface area contributed by atoms with E-state index >= 15 is 0 Å². The predicted molar refractivity (Wildman–Crippen MR) is 111 cm³/mol. The van der Waals surface area contributed by atoms with Gasteiger partial charge in [-0.05, 0) is 24.3 Å². The number of carbonyl (C=O) groups excluding carboxylic acids is 3. The summed E-state index contributed by atoms with van der Waals surface area (Å²) < 4.78 is 20.3. The highest BCUT2D eigenvalue weighted by molar-refractivity contribution is 5.93. The fourth-order valence-corrected chi connectivity index (χ4v) is 2.89. The molecule has 0 spiro atoms. The third-order valence-electron chi connectivity index (χ3n) is 4.40. The second kappa shape index (κ2) is 8.68. The molecule has 0 aliphatic carbocycles. The lowest BCUT2D eigenvalue weighted by Crippen LogP contribution is -2.21. The molecule has 9 heteroatoms. The number of rotatable bonds is 6. The Bertz CT molecular complexity index is 1370. The van der Waals surface area contributed by atoms with Gasteiger partial charge in [-0.1, -0.05) is 24.3 Å². The zero-order valence-electron chi connectivity index (χ0n) is 16.4. The number of benzene rings is 2. The van der Waals surface area contributed by atoms with E-state index in [0.717, 1.165) is 12.1 Å². The Kier molecular flexibility index (Phi) is 5.63. The van der Waals surface area contributed by atoms with E-state index in [0.29, 0.717) is 10.8 Å². The quantitative estimate of drug-likeness (QED) is 0.420. The van der Waals surface area contributed by atoms with Crippen LogP contribution in [-0.4, -0.2) is 30.9 Å². The summed E-state index contributed by atoms with van der Waals surface area (Å²) in [7, 11) is 0. The maximum absolute atomic E-state index is 12.1. The first kappa shape index (κ1) is 20.7. The Morgan fingerprint density at radius 1 is 0.656 bits per heavy atom. The van der Waals surface area contributed by atoms with Crippen molar-refractivity contribution in [3.8, 4) is 0 Å². The Labute approximate surface area is 178 Å². The number of ketones is 1. The molecule has 0 fully saturated rings. The minimum atomic E-state index is -1.02. The van der Waals surface area contributed by atoms with Crippen molar-refractivity contribution in [3.05, 3.63) is 92.6 Å². The molecule has 0 saturated heterocycles. The normalized spacial score (nSPS) is 10.8. The fourth-order valence-electron chi connectivity index (χ4n) is 2.89. The van der Waals surface area contributed by atoms with E-state index in [9.17, 15) is 24.0 Å². The molecule has 0 aliphatic heterocycles. The van der Waals surface area contributed by atoms with Crippen LogP contribution in [0.3, 0.4) is 0 Å². The van der Waals surface area contributed by atoms with Crippen LogP contribution >= 0.6 is 0 Å². The number of para-hydroxylation sites is 2. The molecule has 0 unspecified atom stereocenters. The van der Waals surface area contributed by atoms with Gasteiger partial charge in [0, 0.05) is 12.1 Å². The van der Waals surface area contributed by atoms with E-state index in [2.05, 4.69) is 0 Å². The minimum Gasteiger partial charge on any atom is -0.452 e. The van der Waals surface area contributed by atoms with Crippen LogP contribution in [0.5, 0.6) is 0 Å². The van der Waals surface area contributed by atoms with Gasteiger partial charge in [-0.2, -0.15) is 0 Å². The Morgan fingerprint density at radius 3 is 1.50 bits per heavy atom. The first-order valence-electron chi connectivity index (χ1n) is 9.34. The van der Waals surface area contributed by atoms with Gasteiger partial charge >= 0.3 is 11.9 Å². The zero-order valence-corrected chi connectivity index (χ0v) is 16.4. The van der Waals surface area contributed by atoms with E-state index in [4.69, 9.17) is 18.3 Å². The number of fused-ring (bicyclic) bond motifs is 2. The van der Waals surface area contributed by atoms with Gasteiger partial charge < -0.3 is 18.3 Å². The monoisotopic (exact) mass is 434 g/mol. The van der Waals surface area contributed by atoms with Gasteiger partial charge in [0.05, 0.1) is 10.8 Å². The maximum atomic E-state index is 12.1. The van der Waals surface area contributed by atoms with Crippen LogP contribution in [0.2, 0.25) is 0 Å². The predicted octanol–water partition coefficient (Wildman–Crippen LogP) is 2.48. The number of Topliss-reactive ketones (excluding diaryl/α,β-unsaturated/α-hetero) is 1. The molecule has 2 aromatic carbocycles. The lowest BCUT2D eigenvalue weighted by Gasteiger charge is -2.06. The van der Waals surface area contributed by atoms with Crippen LogP contribution in [0.15, 0.2) is 79.1 Å². The zero-order chi connectivity index (χ0) is 22.7. The van der Waals surface area contributed by atoms with E-state index in [-0.39, 0.29) is 22.7 Å². The topological polar surface area (TPSA) is 130 Å². The molecule has 0 N–H and O–H groups in total. The van der Waals surface area contributed by atoms with Gasteiger partial charge in [-0.15, -0.1) is 0 Å². The second-order valence-electron chi connectivity index (χ2n) is 6.63. The van der Waals surface area contributed by atoms with Crippen LogP contribution in [0.4, 0.5) is 0 Å². The van der Waals surface area contributed by atoms with Crippen molar-refractivity contribution in [2.24, 2.45) is 0 Å². The van der Waals surface area contributed by atoms with Gasteiger partial charge in [-0.3, -0.25) is 14.4 Å². The minimum absolute atomic E-state index is 0.198. The molecular weight excluding hydrogens is 420 g/mol. The standard InChI is InChI=1S/C23H14O9/c24-13(11-29-22(27)20-9-16(25)14-5-1-3-7-18(14)31-20)12-30-23(28)21-10-17(26)15-6-2-4-8-19(15)32-21/h1-10H,11-12H2. The van der Waals surface area contributed by atoms with Crippen molar-refractivity contribution in [2.45, 2.75) is 0 Å². The van der Waals surface area contributed by atoms with Gasteiger partial charge in [0.15, 0.2) is 24.1 Å². The summed E-state index contributed by atoms with van der Waals surface area (Å²) in [6.07, 6.45) is 0. The van der Waals surface area contributed by atoms with Crippen molar-refractivity contribution >= 4 is 39.7 Å². The Balaban J connectivity index is 1.35. The molecule has 2 aromatic heterocycles. The molecule has 160 valence electrons. The van der Waals surface area contributed by atoms with Crippen LogP contribution < -0.4 is 10.9 Å². The lowest BCUT2D eigenvalue weighted by atomic mass is 10.2. The molecular formula is C23H14O9. The molecule has 2 heterocycles. The highest BCUT2D eigenvalue weighted by atomic mass is 16.6. The summed E-state index contributed by atoms with van der Waals surface area (Å²) in [5, 5.41) is 0.597. The summed E-state index contributed by atoms with van der Waals surface area (Å²) in [6, 6.07) is 14.6. The Morgan fingerprint density at radius 2 is 1.06 bits per heavy atom. The molecule has 0 aliphatic rings. The molecule has 0 amide bonds. The highest BCUT2D eigenvalue weighted by Crippen LogP contribution is 2.13. The van der Waals surface area contributed by atoms with Crippen molar-refractivity contribution < 1.29 is 32.7 Å². The average Bonchev–Trinajstić information content (AvgIpc) is 2.81. The number of esters is 2. The van der Waals surface area contributed by atoms with Crippen LogP contribution in [0.1, 0.15) is 21.1 Å². The fraction of sp³-hybridized carbons (Fsp3) is 0.0870. The summed E-state index contributed by atoms with van der Waals surface area (Å²) in [5.41, 5.74) is -0.472. The average molecular weight is 434 g/mol. The number of carbonyl (C=O) groups is 3. The van der Waals surface area contributed by atoms with Crippen molar-refractivity contribution in [1.29, 1.82) is 0 Å². The Hall–Kier alpha value is -4.53. The highest BCUT2D eigenvalue weighted by Gasteiger charge is 2.18. The molecule has 32 heavy (non-hydrogen) atoms. The van der Waals surface area contributed by atoms with Gasteiger partial charge in [0.2, 0.25) is 17.3 Å². The summed E-state index contributed by atoms with van der Waals surface area (Å²) in [4.78, 5) is 60.2. The third-order valence-corrected chi connectivity index (χ3v) is 4.40. The lowest BCUT2D eigenvalue weighted by molar-refractivity contribution is -0.125.